The lowest BCUT2D eigenvalue weighted by molar-refractivity contribution is 0.0386. The minimum absolute atomic E-state index is 0.190. The Morgan fingerprint density at radius 2 is 2.22 bits per heavy atom. The molecule has 1 N–H and O–H groups in total. The summed E-state index contributed by atoms with van der Waals surface area (Å²) in [6.45, 7) is 4.22. The lowest BCUT2D eigenvalue weighted by Crippen LogP contribution is -2.46. The Morgan fingerprint density at radius 1 is 1.50 bits per heavy atom. The van der Waals surface area contributed by atoms with Crippen LogP contribution in [0.3, 0.4) is 0 Å². The van der Waals surface area contributed by atoms with E-state index in [4.69, 9.17) is 9.47 Å². The number of amides is 1. The average Bonchev–Trinajstić information content (AvgIpc) is 2.32. The molecule has 0 aliphatic carbocycles. The average molecular weight is 253 g/mol. The summed E-state index contributed by atoms with van der Waals surface area (Å²) < 4.78 is 23.5. The Balaban J connectivity index is 2.34. The highest BCUT2D eigenvalue weighted by molar-refractivity contribution is 5.69. The van der Waals surface area contributed by atoms with Crippen molar-refractivity contribution in [3.05, 3.63) is 29.6 Å². The molecule has 0 aromatic heterocycles. The predicted octanol–water partition coefficient (Wildman–Crippen LogP) is 2.64. The van der Waals surface area contributed by atoms with E-state index < -0.39 is 11.9 Å². The molecule has 1 aliphatic rings. The van der Waals surface area contributed by atoms with E-state index in [0.29, 0.717) is 12.2 Å². The van der Waals surface area contributed by atoms with E-state index in [1.54, 1.807) is 12.1 Å². The van der Waals surface area contributed by atoms with Gasteiger partial charge in [0.05, 0.1) is 13.2 Å². The largest absolute Gasteiger partial charge is 0.494 e. The number of cyclic esters (lactones) is 1. The number of ether oxygens (including phenoxy) is 2. The number of nitrogens with one attached hydrogen (secondary N) is 1. The molecule has 4 nitrogen and oxygen atoms in total. The molecule has 0 bridgehead atoms. The standard InChI is InChI=1S/C13H16FNO3/c1-13(2)7-18-12(16)15-11(13)8-4-5-10(17-3)9(14)6-8/h4-6,11H,7H2,1-3H3,(H,15,16)/t11-/m1/s1. The van der Waals surface area contributed by atoms with E-state index in [9.17, 15) is 9.18 Å². The number of methoxy groups -OCH3 is 1. The van der Waals surface area contributed by atoms with Crippen LogP contribution in [-0.4, -0.2) is 19.8 Å². The lowest BCUT2D eigenvalue weighted by Gasteiger charge is -2.38. The molecule has 1 heterocycles. The van der Waals surface area contributed by atoms with Gasteiger partial charge in [0.25, 0.3) is 0 Å². The summed E-state index contributed by atoms with van der Waals surface area (Å²) in [6.07, 6.45) is -0.476. The number of hydrogen-bond donors (Lipinski definition) is 1. The molecule has 0 saturated carbocycles. The molecular weight excluding hydrogens is 237 g/mol. The Kier molecular flexibility index (Phi) is 3.15. The Bertz CT molecular complexity index is 473. The summed E-state index contributed by atoms with van der Waals surface area (Å²) in [5, 5.41) is 2.72. The zero-order valence-corrected chi connectivity index (χ0v) is 10.6. The summed E-state index contributed by atoms with van der Waals surface area (Å²) in [5.74, 6) is -0.249. The number of hydrogen-bond acceptors (Lipinski definition) is 3. The normalized spacial score (nSPS) is 22.0. The number of carbonyl (C=O) groups excluding carboxylic acids is 1. The molecule has 1 saturated heterocycles. The first-order valence-corrected chi connectivity index (χ1v) is 5.71. The summed E-state index contributed by atoms with van der Waals surface area (Å²) in [7, 11) is 1.41. The van der Waals surface area contributed by atoms with Crippen LogP contribution in [0.25, 0.3) is 0 Å². The SMILES string of the molecule is COc1ccc([C@H]2NC(=O)OCC2(C)C)cc1F. The van der Waals surface area contributed by atoms with Crippen LogP contribution in [0.1, 0.15) is 25.5 Å². The second-order valence-corrected chi connectivity index (χ2v) is 5.04. The van der Waals surface area contributed by atoms with Gasteiger partial charge in [-0.3, -0.25) is 0 Å². The topological polar surface area (TPSA) is 47.6 Å². The monoisotopic (exact) mass is 253 g/mol. The molecule has 1 aromatic carbocycles. The maximum absolute atomic E-state index is 13.7. The quantitative estimate of drug-likeness (QED) is 0.881. The molecule has 1 fully saturated rings. The third-order valence-electron chi connectivity index (χ3n) is 3.13. The summed E-state index contributed by atoms with van der Waals surface area (Å²) in [4.78, 5) is 11.3. The first kappa shape index (κ1) is 12.7. The molecule has 1 atom stereocenters. The van der Waals surface area contributed by atoms with Crippen molar-refractivity contribution in [3.63, 3.8) is 0 Å². The molecule has 1 amide bonds. The molecule has 0 spiro atoms. The van der Waals surface area contributed by atoms with Gasteiger partial charge < -0.3 is 14.8 Å². The van der Waals surface area contributed by atoms with Crippen molar-refractivity contribution in [2.24, 2.45) is 5.41 Å². The molecule has 98 valence electrons. The number of halogens is 1. The molecule has 0 unspecified atom stereocenters. The fourth-order valence-corrected chi connectivity index (χ4v) is 2.09. The molecule has 2 rings (SSSR count). The second kappa shape index (κ2) is 4.48. The van der Waals surface area contributed by atoms with Gasteiger partial charge in [-0.15, -0.1) is 0 Å². The Labute approximate surface area is 105 Å². The van der Waals surface area contributed by atoms with E-state index >= 15 is 0 Å². The number of rotatable bonds is 2. The van der Waals surface area contributed by atoms with E-state index in [0.717, 1.165) is 0 Å². The van der Waals surface area contributed by atoms with Crippen molar-refractivity contribution in [2.75, 3.05) is 13.7 Å². The van der Waals surface area contributed by atoms with Crippen molar-refractivity contribution in [2.45, 2.75) is 19.9 Å². The van der Waals surface area contributed by atoms with Gasteiger partial charge in [0.2, 0.25) is 0 Å². The molecule has 1 aromatic rings. The first-order chi connectivity index (χ1) is 8.44. The van der Waals surface area contributed by atoms with Gasteiger partial charge in [0, 0.05) is 5.41 Å². The molecule has 5 heteroatoms. The molecular formula is C13H16FNO3. The second-order valence-electron chi connectivity index (χ2n) is 5.04. The summed E-state index contributed by atoms with van der Waals surface area (Å²) >= 11 is 0. The first-order valence-electron chi connectivity index (χ1n) is 5.71. The third-order valence-corrected chi connectivity index (χ3v) is 3.13. The Morgan fingerprint density at radius 3 is 2.83 bits per heavy atom. The van der Waals surface area contributed by atoms with E-state index in [2.05, 4.69) is 5.32 Å². The zero-order valence-electron chi connectivity index (χ0n) is 10.6. The van der Waals surface area contributed by atoms with Gasteiger partial charge in [0.15, 0.2) is 11.6 Å². The van der Waals surface area contributed by atoms with Crippen molar-refractivity contribution < 1.29 is 18.7 Å². The summed E-state index contributed by atoms with van der Waals surface area (Å²) in [5.41, 5.74) is 0.407. The number of carbonyl (C=O) groups is 1. The zero-order chi connectivity index (χ0) is 13.3. The van der Waals surface area contributed by atoms with Gasteiger partial charge in [0.1, 0.15) is 6.61 Å². The molecule has 0 radical (unpaired) electrons. The van der Waals surface area contributed by atoms with Crippen LogP contribution in [0.4, 0.5) is 9.18 Å². The van der Waals surface area contributed by atoms with Crippen LogP contribution in [0.5, 0.6) is 5.75 Å². The number of benzene rings is 1. The summed E-state index contributed by atoms with van der Waals surface area (Å²) in [6, 6.07) is 4.42. The fraction of sp³-hybridized carbons (Fsp3) is 0.462. The highest BCUT2D eigenvalue weighted by atomic mass is 19.1. The van der Waals surface area contributed by atoms with Crippen molar-refractivity contribution in [1.29, 1.82) is 0 Å². The van der Waals surface area contributed by atoms with E-state index in [1.165, 1.54) is 13.2 Å². The van der Waals surface area contributed by atoms with Crippen LogP contribution in [-0.2, 0) is 4.74 Å². The van der Waals surface area contributed by atoms with Crippen LogP contribution in [0.2, 0.25) is 0 Å². The molecule has 18 heavy (non-hydrogen) atoms. The third kappa shape index (κ3) is 2.25. The van der Waals surface area contributed by atoms with Crippen LogP contribution < -0.4 is 10.1 Å². The minimum Gasteiger partial charge on any atom is -0.494 e. The highest BCUT2D eigenvalue weighted by Gasteiger charge is 2.38. The fourth-order valence-electron chi connectivity index (χ4n) is 2.09. The lowest BCUT2D eigenvalue weighted by atomic mass is 9.80. The van der Waals surface area contributed by atoms with Gasteiger partial charge in [-0.25, -0.2) is 9.18 Å². The maximum atomic E-state index is 13.7. The van der Waals surface area contributed by atoms with E-state index in [-0.39, 0.29) is 17.2 Å². The minimum atomic E-state index is -0.476. The van der Waals surface area contributed by atoms with E-state index in [1.807, 2.05) is 13.8 Å². The van der Waals surface area contributed by atoms with Crippen molar-refractivity contribution in [3.8, 4) is 5.75 Å². The number of alkyl carbamates (subject to hydrolysis) is 1. The van der Waals surface area contributed by atoms with Gasteiger partial charge in [-0.05, 0) is 17.7 Å². The highest BCUT2D eigenvalue weighted by Crippen LogP contribution is 2.37. The maximum Gasteiger partial charge on any atom is 0.407 e. The van der Waals surface area contributed by atoms with Crippen molar-refractivity contribution in [1.82, 2.24) is 5.32 Å². The van der Waals surface area contributed by atoms with Gasteiger partial charge in [-0.1, -0.05) is 19.9 Å². The predicted molar refractivity (Wildman–Crippen MR) is 64.0 cm³/mol. The van der Waals surface area contributed by atoms with Crippen LogP contribution >= 0.6 is 0 Å². The van der Waals surface area contributed by atoms with Crippen LogP contribution in [0.15, 0.2) is 18.2 Å². The van der Waals surface area contributed by atoms with Crippen LogP contribution in [0, 0.1) is 11.2 Å². The van der Waals surface area contributed by atoms with Gasteiger partial charge in [-0.2, -0.15) is 0 Å². The molecule has 1 aliphatic heterocycles. The van der Waals surface area contributed by atoms with Gasteiger partial charge >= 0.3 is 6.09 Å². The van der Waals surface area contributed by atoms with Crippen molar-refractivity contribution >= 4 is 6.09 Å². The smallest absolute Gasteiger partial charge is 0.407 e. The Hall–Kier alpha value is -1.78.